The van der Waals surface area contributed by atoms with E-state index in [9.17, 15) is 10.5 Å². The fourth-order valence-electron chi connectivity index (χ4n) is 10.2. The van der Waals surface area contributed by atoms with Crippen molar-refractivity contribution in [1.82, 2.24) is 9.13 Å². The minimum absolute atomic E-state index is 0.424. The van der Waals surface area contributed by atoms with Crippen LogP contribution in [0.15, 0.2) is 218 Å². The summed E-state index contributed by atoms with van der Waals surface area (Å²) >= 11 is 0. The molecule has 4 heteroatoms. The van der Waals surface area contributed by atoms with Crippen molar-refractivity contribution < 1.29 is 0 Å². The van der Waals surface area contributed by atoms with Crippen molar-refractivity contribution in [2.24, 2.45) is 0 Å². The molecule has 12 rings (SSSR count). The molecule has 0 saturated carbocycles. The third-order valence-electron chi connectivity index (χ3n) is 13.0. The average molecular weight is 827 g/mol. The third-order valence-corrected chi connectivity index (χ3v) is 13.0. The highest BCUT2D eigenvalue weighted by Gasteiger charge is 2.33. The Morgan fingerprint density at radius 1 is 0.354 bits per heavy atom. The number of hydrogen-bond donors (Lipinski definition) is 0. The first-order valence-electron chi connectivity index (χ1n) is 21.9. The van der Waals surface area contributed by atoms with E-state index in [1.54, 1.807) is 0 Å². The van der Waals surface area contributed by atoms with Gasteiger partial charge in [-0.1, -0.05) is 176 Å². The molecule has 11 aromatic rings. The Balaban J connectivity index is 1.33. The number of fused-ring (bicyclic) bond motifs is 6. The molecule has 0 amide bonds. The molecule has 2 heterocycles. The number of nitrogens with zero attached hydrogens (tertiary/aromatic N) is 4. The molecule has 0 bridgehead atoms. The van der Waals surface area contributed by atoms with E-state index in [0.717, 1.165) is 105 Å². The topological polar surface area (TPSA) is 57.4 Å². The van der Waals surface area contributed by atoms with E-state index >= 15 is 0 Å². The van der Waals surface area contributed by atoms with Gasteiger partial charge in [0.1, 0.15) is 12.1 Å². The highest BCUT2D eigenvalue weighted by Crippen LogP contribution is 2.50. The molecule has 1 aliphatic carbocycles. The first-order chi connectivity index (χ1) is 32.2. The lowest BCUT2D eigenvalue weighted by Crippen LogP contribution is -2.12. The van der Waals surface area contributed by atoms with E-state index in [4.69, 9.17) is 0 Å². The van der Waals surface area contributed by atoms with Crippen LogP contribution in [0.4, 0.5) is 0 Å². The SMILES string of the molecule is N#Cc1c(C2=CC(c3ccccc3)=CC2)c(-n2c3ccccc3c3ccccc32)c(-c2cc(-c3ccccc3)cc(-c3ccccc3)c2)c(C#N)c1-n1c2ccccc2c2ccccc21. The second kappa shape index (κ2) is 15.4. The fraction of sp³-hybridized carbons (Fsp3) is 0.0164. The maximum atomic E-state index is 12.1. The molecule has 0 saturated heterocycles. The van der Waals surface area contributed by atoms with Crippen molar-refractivity contribution in [1.29, 1.82) is 10.5 Å². The molecule has 9 aromatic carbocycles. The lowest BCUT2D eigenvalue weighted by Gasteiger charge is -2.26. The number of benzene rings is 9. The Morgan fingerprint density at radius 2 is 0.723 bits per heavy atom. The molecule has 0 unspecified atom stereocenters. The van der Waals surface area contributed by atoms with Crippen LogP contribution in [0.1, 0.15) is 28.7 Å². The first-order valence-corrected chi connectivity index (χ1v) is 21.9. The van der Waals surface area contributed by atoms with Crippen LogP contribution in [-0.2, 0) is 0 Å². The van der Waals surface area contributed by atoms with Gasteiger partial charge in [-0.05, 0) is 93.4 Å². The summed E-state index contributed by atoms with van der Waals surface area (Å²) in [6.07, 6.45) is 5.12. The van der Waals surface area contributed by atoms with E-state index in [0.29, 0.717) is 23.2 Å². The zero-order chi connectivity index (χ0) is 43.4. The van der Waals surface area contributed by atoms with Crippen LogP contribution in [-0.4, -0.2) is 9.13 Å². The quantitative estimate of drug-likeness (QED) is 0.161. The highest BCUT2D eigenvalue weighted by atomic mass is 15.0. The summed E-state index contributed by atoms with van der Waals surface area (Å²) in [4.78, 5) is 0. The van der Waals surface area contributed by atoms with E-state index < -0.39 is 0 Å². The maximum Gasteiger partial charge on any atom is 0.102 e. The monoisotopic (exact) mass is 826 g/mol. The Labute approximate surface area is 376 Å². The summed E-state index contributed by atoms with van der Waals surface area (Å²) in [6, 6.07) is 77.3. The molecular weight excluding hydrogens is 789 g/mol. The lowest BCUT2D eigenvalue weighted by molar-refractivity contribution is 1.11. The molecule has 4 nitrogen and oxygen atoms in total. The summed E-state index contributed by atoms with van der Waals surface area (Å²) in [5.74, 6) is 0. The van der Waals surface area contributed by atoms with Gasteiger partial charge in [0.2, 0.25) is 0 Å². The predicted octanol–water partition coefficient (Wildman–Crippen LogP) is 15.5. The van der Waals surface area contributed by atoms with Crippen molar-refractivity contribution in [2.75, 3.05) is 0 Å². The number of hydrogen-bond acceptors (Lipinski definition) is 2. The van der Waals surface area contributed by atoms with Gasteiger partial charge in [-0.25, -0.2) is 0 Å². The smallest absolute Gasteiger partial charge is 0.102 e. The molecule has 0 fully saturated rings. The summed E-state index contributed by atoms with van der Waals surface area (Å²) < 4.78 is 4.50. The summed E-state index contributed by atoms with van der Waals surface area (Å²) in [5.41, 5.74) is 15.9. The van der Waals surface area contributed by atoms with E-state index in [1.807, 2.05) is 30.3 Å². The van der Waals surface area contributed by atoms with Gasteiger partial charge in [0.25, 0.3) is 0 Å². The number of rotatable bonds is 7. The standard InChI is InChI=1S/C61H38N4/c62-38-52-58(44-33-32-43(34-44)40-18-4-1-5-19-40)61(65-56-30-16-12-26-50(56)51-27-13-17-31-57(51)65)59(47-36-45(41-20-6-2-7-21-41)35-46(37-47)42-22-8-3-9-23-42)53(39-63)60(52)64-54-28-14-10-24-48(54)49-25-11-15-29-55(49)64/h1-32,34-37H,33H2. The Bertz CT molecular complexity index is 3690. The van der Waals surface area contributed by atoms with Crippen LogP contribution in [0.5, 0.6) is 0 Å². The largest absolute Gasteiger partial charge is 0.308 e. The van der Waals surface area contributed by atoms with Crippen molar-refractivity contribution in [3.8, 4) is 56.9 Å². The molecule has 0 aliphatic heterocycles. The van der Waals surface area contributed by atoms with E-state index in [2.05, 4.69) is 209 Å². The highest BCUT2D eigenvalue weighted by molar-refractivity contribution is 6.13. The minimum Gasteiger partial charge on any atom is -0.308 e. The molecule has 2 aromatic heterocycles. The Kier molecular flexibility index (Phi) is 8.97. The summed E-state index contributed by atoms with van der Waals surface area (Å²) in [7, 11) is 0. The summed E-state index contributed by atoms with van der Waals surface area (Å²) in [5, 5.41) is 28.3. The molecule has 1 aliphatic rings. The molecule has 302 valence electrons. The summed E-state index contributed by atoms with van der Waals surface area (Å²) in [6.45, 7) is 0. The molecule has 0 radical (unpaired) electrons. The van der Waals surface area contributed by atoms with Crippen molar-refractivity contribution >= 4 is 54.8 Å². The molecule has 0 N–H and O–H groups in total. The normalized spacial score (nSPS) is 12.4. The number of nitriles is 2. The third kappa shape index (κ3) is 6.05. The number of aromatic nitrogens is 2. The van der Waals surface area contributed by atoms with Gasteiger partial charge < -0.3 is 9.13 Å². The maximum absolute atomic E-state index is 12.1. The van der Waals surface area contributed by atoms with Gasteiger partial charge in [0.05, 0.1) is 44.6 Å². The molecule has 0 atom stereocenters. The second-order valence-corrected chi connectivity index (χ2v) is 16.6. The van der Waals surface area contributed by atoms with Crippen molar-refractivity contribution in [3.63, 3.8) is 0 Å². The van der Waals surface area contributed by atoms with E-state index in [1.165, 1.54) is 0 Å². The van der Waals surface area contributed by atoms with Crippen LogP contribution in [0.2, 0.25) is 0 Å². The van der Waals surface area contributed by atoms with Crippen LogP contribution < -0.4 is 0 Å². The van der Waals surface area contributed by atoms with Crippen LogP contribution in [0, 0.1) is 22.7 Å². The lowest BCUT2D eigenvalue weighted by atomic mass is 9.84. The number of allylic oxidation sites excluding steroid dienone is 4. The van der Waals surface area contributed by atoms with Crippen molar-refractivity contribution in [2.45, 2.75) is 6.42 Å². The molecular formula is C61H38N4. The second-order valence-electron chi connectivity index (χ2n) is 16.6. The predicted molar refractivity (Wildman–Crippen MR) is 268 cm³/mol. The van der Waals surface area contributed by atoms with Gasteiger partial charge >= 0.3 is 0 Å². The van der Waals surface area contributed by atoms with Crippen LogP contribution >= 0.6 is 0 Å². The molecule has 0 spiro atoms. The zero-order valence-corrected chi connectivity index (χ0v) is 35.3. The van der Waals surface area contributed by atoms with Gasteiger partial charge in [0.15, 0.2) is 0 Å². The van der Waals surface area contributed by atoms with Crippen molar-refractivity contribution in [3.05, 3.63) is 241 Å². The Morgan fingerprint density at radius 3 is 1.17 bits per heavy atom. The first kappa shape index (κ1) is 37.8. The molecule has 65 heavy (non-hydrogen) atoms. The van der Waals surface area contributed by atoms with Gasteiger partial charge in [0, 0.05) is 32.7 Å². The minimum atomic E-state index is 0.424. The van der Waals surface area contributed by atoms with Crippen LogP contribution in [0.25, 0.3) is 99.5 Å². The average Bonchev–Trinajstić information content (AvgIpc) is 4.09. The Hall–Kier alpha value is -8.96. The van der Waals surface area contributed by atoms with E-state index in [-0.39, 0.29) is 0 Å². The van der Waals surface area contributed by atoms with Gasteiger partial charge in [-0.2, -0.15) is 10.5 Å². The fourth-order valence-corrected chi connectivity index (χ4v) is 10.2. The van der Waals surface area contributed by atoms with Crippen LogP contribution in [0.3, 0.4) is 0 Å². The van der Waals surface area contributed by atoms with Gasteiger partial charge in [-0.15, -0.1) is 0 Å². The zero-order valence-electron chi connectivity index (χ0n) is 35.3. The van der Waals surface area contributed by atoms with Gasteiger partial charge in [-0.3, -0.25) is 0 Å². The number of para-hydroxylation sites is 4.